The van der Waals surface area contributed by atoms with Gasteiger partial charge in [0.1, 0.15) is 18.4 Å². The number of halogens is 1. The molecule has 0 amide bonds. The Hall–Kier alpha value is -2.97. The number of nitrogens with zero attached hydrogens (tertiary/aromatic N) is 3. The van der Waals surface area contributed by atoms with Crippen LogP contribution >= 0.6 is 11.6 Å². The fraction of sp³-hybridized carbons (Fsp3) is 0.333. The molecule has 0 aliphatic carbocycles. The first kappa shape index (κ1) is 20.3. The molecule has 0 radical (unpaired) electrons. The number of ether oxygens (including phenoxy) is 1. The molecule has 1 atom stereocenters. The van der Waals surface area contributed by atoms with E-state index >= 15 is 0 Å². The molecule has 0 spiro atoms. The maximum atomic E-state index is 9.58. The van der Waals surface area contributed by atoms with E-state index in [1.165, 1.54) is 6.42 Å². The lowest BCUT2D eigenvalue weighted by atomic mass is 10.0. The maximum absolute atomic E-state index is 9.58. The van der Waals surface area contributed by atoms with E-state index in [1.54, 1.807) is 0 Å². The highest BCUT2D eigenvalue weighted by molar-refractivity contribution is 6.31. The third kappa shape index (κ3) is 4.29. The highest BCUT2D eigenvalue weighted by Crippen LogP contribution is 2.33. The summed E-state index contributed by atoms with van der Waals surface area (Å²) in [5.74, 6) is 1.78. The first-order valence-corrected chi connectivity index (χ1v) is 10.7. The summed E-state index contributed by atoms with van der Waals surface area (Å²) >= 11 is 6.18. The molecule has 2 heterocycles. The van der Waals surface area contributed by atoms with E-state index in [-0.39, 0.29) is 0 Å². The zero-order chi connectivity index (χ0) is 20.9. The number of hydrogen-bond acceptors (Lipinski definition) is 5. The number of nitriles is 1. The van der Waals surface area contributed by atoms with Crippen molar-refractivity contribution in [2.24, 2.45) is 0 Å². The quantitative estimate of drug-likeness (QED) is 0.473. The average molecular weight is 422 g/mol. The van der Waals surface area contributed by atoms with Gasteiger partial charge in [-0.3, -0.25) is 0 Å². The molecule has 5 nitrogen and oxygen atoms in total. The van der Waals surface area contributed by atoms with Crippen molar-refractivity contribution >= 4 is 17.5 Å². The molecule has 154 valence electrons. The molecule has 0 unspecified atom stereocenters. The van der Waals surface area contributed by atoms with Crippen LogP contribution in [0.1, 0.15) is 43.9 Å². The predicted molar refractivity (Wildman–Crippen MR) is 118 cm³/mol. The zero-order valence-corrected chi connectivity index (χ0v) is 17.7. The average Bonchev–Trinajstić information content (AvgIpc) is 3.23. The Morgan fingerprint density at radius 1 is 1.20 bits per heavy atom. The fourth-order valence-corrected chi connectivity index (χ4v) is 4.06. The van der Waals surface area contributed by atoms with Gasteiger partial charge in [-0.2, -0.15) is 10.2 Å². The second-order valence-corrected chi connectivity index (χ2v) is 7.85. The van der Waals surface area contributed by atoms with Crippen LogP contribution in [0.3, 0.4) is 0 Å². The van der Waals surface area contributed by atoms with Gasteiger partial charge in [-0.15, -0.1) is 0 Å². The van der Waals surface area contributed by atoms with Crippen molar-refractivity contribution in [3.05, 3.63) is 64.8 Å². The normalized spacial score (nSPS) is 16.3. The molecule has 1 aliphatic rings. The monoisotopic (exact) mass is 421 g/mol. The van der Waals surface area contributed by atoms with E-state index in [9.17, 15) is 5.26 Å². The van der Waals surface area contributed by atoms with Crippen LogP contribution in [0.25, 0.3) is 11.5 Å². The van der Waals surface area contributed by atoms with Gasteiger partial charge in [0.2, 0.25) is 17.5 Å². The molecule has 1 fully saturated rings. The van der Waals surface area contributed by atoms with Gasteiger partial charge in [0, 0.05) is 28.7 Å². The third-order valence-corrected chi connectivity index (χ3v) is 5.90. The number of benzene rings is 2. The van der Waals surface area contributed by atoms with Crippen LogP contribution in [0, 0.1) is 11.3 Å². The van der Waals surface area contributed by atoms with Crippen molar-refractivity contribution in [1.29, 1.82) is 5.26 Å². The van der Waals surface area contributed by atoms with Crippen molar-refractivity contribution in [3.8, 4) is 23.3 Å². The Morgan fingerprint density at radius 3 is 2.73 bits per heavy atom. The van der Waals surface area contributed by atoms with E-state index < -0.39 is 0 Å². The topological polar surface area (TPSA) is 62.3 Å². The van der Waals surface area contributed by atoms with Crippen molar-refractivity contribution in [3.63, 3.8) is 0 Å². The Morgan fingerprint density at radius 2 is 2.00 bits per heavy atom. The van der Waals surface area contributed by atoms with Crippen LogP contribution in [0.15, 0.2) is 52.9 Å². The van der Waals surface area contributed by atoms with Gasteiger partial charge in [0.15, 0.2) is 0 Å². The number of rotatable bonds is 6. The summed E-state index contributed by atoms with van der Waals surface area (Å²) < 4.78 is 11.9. The maximum Gasteiger partial charge on any atom is 0.235 e. The van der Waals surface area contributed by atoms with E-state index in [0.29, 0.717) is 35.1 Å². The number of anilines is 1. The number of aromatic nitrogens is 1. The van der Waals surface area contributed by atoms with E-state index in [1.807, 2.05) is 48.5 Å². The van der Waals surface area contributed by atoms with Crippen LogP contribution in [0.2, 0.25) is 5.02 Å². The van der Waals surface area contributed by atoms with Crippen LogP contribution in [-0.2, 0) is 6.61 Å². The highest BCUT2D eigenvalue weighted by atomic mass is 35.5. The summed E-state index contributed by atoms with van der Waals surface area (Å²) in [4.78, 5) is 6.66. The van der Waals surface area contributed by atoms with Crippen LogP contribution in [0.5, 0.6) is 5.75 Å². The standard InChI is InChI=1S/C24H24ClN3O2/c1-2-19-8-5-6-14-28(19)24-22(15-26)27-23(30-24)17-10-12-20(13-11-17)29-16-18-7-3-4-9-21(18)25/h3-4,7,9-13,19H,2,5-6,8,14,16H2,1H3/t19-/m0/s1. The molecular weight excluding hydrogens is 398 g/mol. The largest absolute Gasteiger partial charge is 0.489 e. The Bertz CT molecular complexity index is 1040. The summed E-state index contributed by atoms with van der Waals surface area (Å²) in [7, 11) is 0. The Labute approximate surface area is 181 Å². The minimum atomic E-state index is 0.351. The van der Waals surface area contributed by atoms with Gasteiger partial charge in [0.25, 0.3) is 0 Å². The molecule has 30 heavy (non-hydrogen) atoms. The molecule has 0 saturated carbocycles. The summed E-state index contributed by atoms with van der Waals surface area (Å²) in [5, 5.41) is 10.3. The molecule has 6 heteroatoms. The zero-order valence-electron chi connectivity index (χ0n) is 17.0. The molecule has 0 N–H and O–H groups in total. The minimum Gasteiger partial charge on any atom is -0.489 e. The third-order valence-electron chi connectivity index (χ3n) is 5.53. The van der Waals surface area contributed by atoms with E-state index in [2.05, 4.69) is 22.9 Å². The van der Waals surface area contributed by atoms with Gasteiger partial charge >= 0.3 is 0 Å². The van der Waals surface area contributed by atoms with Crippen LogP contribution in [0.4, 0.5) is 5.88 Å². The van der Waals surface area contributed by atoms with E-state index in [0.717, 1.165) is 42.7 Å². The summed E-state index contributed by atoms with van der Waals surface area (Å²) in [6.07, 6.45) is 4.47. The first-order chi connectivity index (χ1) is 14.7. The molecule has 4 rings (SSSR count). The van der Waals surface area contributed by atoms with Crippen molar-refractivity contribution in [2.75, 3.05) is 11.4 Å². The summed E-state index contributed by atoms with van der Waals surface area (Å²) in [5.41, 5.74) is 2.10. The second kappa shape index (κ2) is 9.23. The molecule has 1 aromatic heterocycles. The van der Waals surface area contributed by atoms with Crippen LogP contribution < -0.4 is 9.64 Å². The highest BCUT2D eigenvalue weighted by Gasteiger charge is 2.28. The SMILES string of the molecule is CC[C@H]1CCCCN1c1oc(-c2ccc(OCc3ccccc3Cl)cc2)nc1C#N. The van der Waals surface area contributed by atoms with Gasteiger partial charge in [-0.25, -0.2) is 0 Å². The number of oxazole rings is 1. The molecule has 0 bridgehead atoms. The Kier molecular flexibility index (Phi) is 6.25. The van der Waals surface area contributed by atoms with E-state index in [4.69, 9.17) is 20.8 Å². The van der Waals surface area contributed by atoms with Gasteiger partial charge in [-0.1, -0.05) is 36.7 Å². The van der Waals surface area contributed by atoms with Gasteiger partial charge in [-0.05, 0) is 56.0 Å². The molecule has 2 aromatic carbocycles. The molecular formula is C24H24ClN3O2. The summed E-state index contributed by atoms with van der Waals surface area (Å²) in [6.45, 7) is 3.47. The lowest BCUT2D eigenvalue weighted by Gasteiger charge is -2.34. The van der Waals surface area contributed by atoms with Crippen LogP contribution in [-0.4, -0.2) is 17.6 Å². The first-order valence-electron chi connectivity index (χ1n) is 10.3. The van der Waals surface area contributed by atoms with Gasteiger partial charge < -0.3 is 14.1 Å². The summed E-state index contributed by atoms with van der Waals surface area (Å²) in [6, 6.07) is 17.8. The smallest absolute Gasteiger partial charge is 0.235 e. The second-order valence-electron chi connectivity index (χ2n) is 7.44. The van der Waals surface area contributed by atoms with Gasteiger partial charge in [0.05, 0.1) is 0 Å². The van der Waals surface area contributed by atoms with Crippen molar-refractivity contribution in [2.45, 2.75) is 45.3 Å². The number of piperidine rings is 1. The fourth-order valence-electron chi connectivity index (χ4n) is 3.87. The van der Waals surface area contributed by atoms with Crippen molar-refractivity contribution in [1.82, 2.24) is 4.98 Å². The minimum absolute atomic E-state index is 0.351. The Balaban J connectivity index is 1.51. The number of hydrogen-bond donors (Lipinski definition) is 0. The lowest BCUT2D eigenvalue weighted by Crippen LogP contribution is -2.39. The van der Waals surface area contributed by atoms with Crippen molar-refractivity contribution < 1.29 is 9.15 Å². The lowest BCUT2D eigenvalue weighted by molar-refractivity contribution is 0.306. The molecule has 3 aromatic rings. The molecule has 1 aliphatic heterocycles. The molecule has 1 saturated heterocycles. The predicted octanol–water partition coefficient (Wildman–Crippen LogP) is 6.21.